The van der Waals surface area contributed by atoms with E-state index in [2.05, 4.69) is 67.7 Å². The van der Waals surface area contributed by atoms with Crippen LogP contribution in [0.5, 0.6) is 0 Å². The lowest BCUT2D eigenvalue weighted by Gasteiger charge is -2.22. The average molecular weight is 268 g/mol. The molecule has 0 aliphatic heterocycles. The van der Waals surface area contributed by atoms with Gasteiger partial charge in [-0.1, -0.05) is 56.3 Å². The summed E-state index contributed by atoms with van der Waals surface area (Å²) in [5.74, 6) is 0. The van der Waals surface area contributed by atoms with Gasteiger partial charge in [-0.3, -0.25) is 0 Å². The smallest absolute Gasteiger partial charge is 0.0340 e. The van der Waals surface area contributed by atoms with E-state index in [1.807, 2.05) is 6.07 Å². The largest absolute Gasteiger partial charge is 0.385 e. The first-order valence-corrected chi connectivity index (χ1v) is 7.20. The zero-order chi connectivity index (χ0) is 14.4. The Morgan fingerprint density at radius 2 is 1.50 bits per heavy atom. The highest BCUT2D eigenvalue weighted by Crippen LogP contribution is 2.22. The average Bonchev–Trinajstić information content (AvgIpc) is 2.49. The molecule has 0 bridgehead atoms. The first kappa shape index (κ1) is 14.6. The second-order valence-electron chi connectivity index (χ2n) is 5.99. The van der Waals surface area contributed by atoms with Crippen LogP contribution in [0.1, 0.15) is 20.3 Å². The lowest BCUT2D eigenvalue weighted by atomic mass is 9.90. The molecular weight excluding hydrogens is 244 g/mol. The maximum absolute atomic E-state index is 5.74. The van der Waals surface area contributed by atoms with Gasteiger partial charge in [0.2, 0.25) is 0 Å². The summed E-state index contributed by atoms with van der Waals surface area (Å²) in [6, 6.07) is 19.0. The molecule has 20 heavy (non-hydrogen) atoms. The van der Waals surface area contributed by atoms with Crippen LogP contribution in [0, 0.1) is 5.41 Å². The van der Waals surface area contributed by atoms with Crippen LogP contribution in [0.15, 0.2) is 54.6 Å². The highest BCUT2D eigenvalue weighted by Gasteiger charge is 2.14. The Morgan fingerprint density at radius 1 is 0.900 bits per heavy atom. The fraction of sp³-hybridized carbons (Fsp3) is 0.333. The third-order valence-electron chi connectivity index (χ3n) is 3.68. The normalized spacial score (nSPS) is 11.3. The Labute approximate surface area is 122 Å². The van der Waals surface area contributed by atoms with E-state index < -0.39 is 0 Å². The van der Waals surface area contributed by atoms with Crippen molar-refractivity contribution in [1.29, 1.82) is 0 Å². The fourth-order valence-electron chi connectivity index (χ4n) is 2.06. The van der Waals surface area contributed by atoms with E-state index in [0.29, 0.717) is 0 Å². The molecule has 2 aromatic carbocycles. The van der Waals surface area contributed by atoms with Crippen molar-refractivity contribution in [2.45, 2.75) is 20.3 Å². The van der Waals surface area contributed by atoms with Gasteiger partial charge in [0.05, 0.1) is 0 Å². The first-order valence-electron chi connectivity index (χ1n) is 7.20. The van der Waals surface area contributed by atoms with E-state index in [-0.39, 0.29) is 5.41 Å². The Kier molecular flexibility index (Phi) is 4.80. The summed E-state index contributed by atoms with van der Waals surface area (Å²) in [6.07, 6.45) is 1.07. The Hall–Kier alpha value is -1.80. The highest BCUT2D eigenvalue weighted by molar-refractivity contribution is 5.65. The number of hydrogen-bond acceptors (Lipinski definition) is 2. The molecule has 0 amide bonds. The van der Waals surface area contributed by atoms with Crippen molar-refractivity contribution in [3.05, 3.63) is 54.6 Å². The number of nitrogens with two attached hydrogens (primary N) is 1. The van der Waals surface area contributed by atoms with Crippen LogP contribution in [-0.2, 0) is 0 Å². The third kappa shape index (κ3) is 4.10. The van der Waals surface area contributed by atoms with Crippen LogP contribution in [0.2, 0.25) is 0 Å². The molecule has 0 unspecified atom stereocenters. The van der Waals surface area contributed by atoms with E-state index in [9.17, 15) is 0 Å². The summed E-state index contributed by atoms with van der Waals surface area (Å²) in [5, 5.41) is 3.46. The molecule has 0 spiro atoms. The summed E-state index contributed by atoms with van der Waals surface area (Å²) in [5.41, 5.74) is 9.61. The van der Waals surface area contributed by atoms with Crippen molar-refractivity contribution < 1.29 is 0 Å². The van der Waals surface area contributed by atoms with Crippen molar-refractivity contribution in [1.82, 2.24) is 0 Å². The summed E-state index contributed by atoms with van der Waals surface area (Å²) in [6.45, 7) is 6.08. The van der Waals surface area contributed by atoms with Crippen LogP contribution in [0.3, 0.4) is 0 Å². The number of hydrogen-bond donors (Lipinski definition) is 2. The van der Waals surface area contributed by atoms with Crippen molar-refractivity contribution in [3.8, 4) is 11.1 Å². The number of benzene rings is 2. The lowest BCUT2D eigenvalue weighted by Crippen LogP contribution is -2.26. The molecule has 0 aliphatic carbocycles. The topological polar surface area (TPSA) is 38.0 Å². The van der Waals surface area contributed by atoms with Gasteiger partial charge in [-0.2, -0.15) is 0 Å². The van der Waals surface area contributed by atoms with Crippen molar-refractivity contribution in [2.75, 3.05) is 18.4 Å². The number of nitrogens with one attached hydrogen (secondary N) is 1. The summed E-state index contributed by atoms with van der Waals surface area (Å²) < 4.78 is 0. The zero-order valence-electron chi connectivity index (χ0n) is 12.4. The molecule has 106 valence electrons. The minimum Gasteiger partial charge on any atom is -0.385 e. The minimum absolute atomic E-state index is 0.205. The van der Waals surface area contributed by atoms with Crippen LogP contribution in [0.4, 0.5) is 5.69 Å². The maximum Gasteiger partial charge on any atom is 0.0340 e. The fourth-order valence-corrected chi connectivity index (χ4v) is 2.06. The van der Waals surface area contributed by atoms with Gasteiger partial charge in [-0.05, 0) is 41.6 Å². The van der Waals surface area contributed by atoms with Crippen molar-refractivity contribution >= 4 is 5.69 Å². The van der Waals surface area contributed by atoms with Crippen molar-refractivity contribution in [3.63, 3.8) is 0 Å². The molecule has 0 aromatic heterocycles. The maximum atomic E-state index is 5.74. The molecule has 0 aliphatic rings. The van der Waals surface area contributed by atoms with Crippen LogP contribution >= 0.6 is 0 Å². The third-order valence-corrected chi connectivity index (χ3v) is 3.68. The van der Waals surface area contributed by atoms with Gasteiger partial charge < -0.3 is 11.1 Å². The summed E-state index contributed by atoms with van der Waals surface area (Å²) in [7, 11) is 0. The first-order chi connectivity index (χ1) is 9.61. The minimum atomic E-state index is 0.205. The molecule has 2 nitrogen and oxygen atoms in total. The molecular formula is C18H24N2. The molecule has 2 aromatic rings. The standard InChI is InChI=1S/C18H24N2/c1-18(2,14-19)12-13-20-17-10-8-16(9-11-17)15-6-4-3-5-7-15/h3-11,20H,12-14,19H2,1-2H3. The quantitative estimate of drug-likeness (QED) is 0.826. The van der Waals surface area contributed by atoms with Crippen LogP contribution < -0.4 is 11.1 Å². The predicted molar refractivity (Wildman–Crippen MR) is 87.8 cm³/mol. The summed E-state index contributed by atoms with van der Waals surface area (Å²) >= 11 is 0. The Bertz CT molecular complexity index is 515. The van der Waals surface area contributed by atoms with Crippen molar-refractivity contribution in [2.24, 2.45) is 11.1 Å². The highest BCUT2D eigenvalue weighted by atomic mass is 14.9. The SMILES string of the molecule is CC(C)(CN)CCNc1ccc(-c2ccccc2)cc1. The van der Waals surface area contributed by atoms with Gasteiger partial charge in [0, 0.05) is 12.2 Å². The molecule has 0 heterocycles. The lowest BCUT2D eigenvalue weighted by molar-refractivity contribution is 0.358. The molecule has 0 saturated heterocycles. The van der Waals surface area contributed by atoms with Crippen LogP contribution in [-0.4, -0.2) is 13.1 Å². The molecule has 0 saturated carbocycles. The monoisotopic (exact) mass is 268 g/mol. The second-order valence-corrected chi connectivity index (χ2v) is 5.99. The Balaban J connectivity index is 1.92. The predicted octanol–water partition coefficient (Wildman–Crippen LogP) is 4.14. The van der Waals surface area contributed by atoms with E-state index in [1.165, 1.54) is 11.1 Å². The molecule has 0 atom stereocenters. The van der Waals surface area contributed by atoms with E-state index in [1.54, 1.807) is 0 Å². The van der Waals surface area contributed by atoms with E-state index in [0.717, 1.165) is 25.2 Å². The van der Waals surface area contributed by atoms with Gasteiger partial charge >= 0.3 is 0 Å². The summed E-state index contributed by atoms with van der Waals surface area (Å²) in [4.78, 5) is 0. The molecule has 2 rings (SSSR count). The second kappa shape index (κ2) is 6.58. The van der Waals surface area contributed by atoms with Gasteiger partial charge in [-0.25, -0.2) is 0 Å². The van der Waals surface area contributed by atoms with Crippen LogP contribution in [0.25, 0.3) is 11.1 Å². The number of rotatable bonds is 6. The molecule has 0 fully saturated rings. The van der Waals surface area contributed by atoms with Gasteiger partial charge in [0.1, 0.15) is 0 Å². The molecule has 3 N–H and O–H groups in total. The van der Waals surface area contributed by atoms with Gasteiger partial charge in [0.15, 0.2) is 0 Å². The zero-order valence-corrected chi connectivity index (χ0v) is 12.4. The molecule has 0 radical (unpaired) electrons. The van der Waals surface area contributed by atoms with Gasteiger partial charge in [-0.15, -0.1) is 0 Å². The van der Waals surface area contributed by atoms with Gasteiger partial charge in [0.25, 0.3) is 0 Å². The Morgan fingerprint density at radius 3 is 2.10 bits per heavy atom. The molecule has 2 heteroatoms. The number of anilines is 1. The van der Waals surface area contributed by atoms with E-state index >= 15 is 0 Å². The van der Waals surface area contributed by atoms with E-state index in [4.69, 9.17) is 5.73 Å².